The molecule has 1 aromatic heterocycles. The van der Waals surface area contributed by atoms with Crippen molar-refractivity contribution in [1.29, 1.82) is 5.41 Å². The van der Waals surface area contributed by atoms with Crippen LogP contribution in [0, 0.1) is 5.41 Å². The quantitative estimate of drug-likeness (QED) is 0.325. The molecule has 1 atom stereocenters. The van der Waals surface area contributed by atoms with Crippen LogP contribution in [0.4, 0.5) is 0 Å². The minimum atomic E-state index is -3.67. The van der Waals surface area contributed by atoms with Crippen LogP contribution in [0.15, 0.2) is 18.2 Å². The van der Waals surface area contributed by atoms with Crippen molar-refractivity contribution in [2.75, 3.05) is 12.9 Å². The Hall–Kier alpha value is -2.14. The zero-order chi connectivity index (χ0) is 21.8. The first-order valence-electron chi connectivity index (χ1n) is 9.04. The Kier molecular flexibility index (Phi) is 7.64. The van der Waals surface area contributed by atoms with Gasteiger partial charge in [-0.25, -0.2) is 0 Å². The number of carbonyl (C=O) groups excluding carboxylic acids is 1. The van der Waals surface area contributed by atoms with E-state index >= 15 is 0 Å². The van der Waals surface area contributed by atoms with Gasteiger partial charge in [0, 0.05) is 29.1 Å². The number of carbonyl (C=O) groups is 1. The number of halogens is 1. The van der Waals surface area contributed by atoms with E-state index in [-0.39, 0.29) is 12.1 Å². The highest BCUT2D eigenvalue weighted by molar-refractivity contribution is 7.85. The summed E-state index contributed by atoms with van der Waals surface area (Å²) < 4.78 is 33.8. The van der Waals surface area contributed by atoms with Crippen LogP contribution < -0.4 is 11.1 Å². The topological polar surface area (TPSA) is 147 Å². The summed E-state index contributed by atoms with van der Waals surface area (Å²) >= 11 is 6.37. The maximum absolute atomic E-state index is 12.4. The van der Waals surface area contributed by atoms with Crippen LogP contribution in [-0.2, 0) is 21.4 Å². The van der Waals surface area contributed by atoms with E-state index in [1.165, 1.54) is 0 Å². The molecule has 3 rings (SSSR count). The molecule has 2 heterocycles. The lowest BCUT2D eigenvalue weighted by Gasteiger charge is -2.23. The standard InChI is InChI=1S/C17H21ClN4O2.CH4O3S/c1-2-24-14-5-3-4-8-22-13(16(23)21-17(19)20)9-11-12(18)7-6-10(14)15(11)22;1-5(2,3)4/h6-7,9,14H,2-5,8H2,1H3,(H4,19,20,21,23);1H3,(H,2,3,4). The van der Waals surface area contributed by atoms with Gasteiger partial charge < -0.3 is 15.0 Å². The van der Waals surface area contributed by atoms with Crippen molar-refractivity contribution in [3.8, 4) is 0 Å². The molecule has 0 bridgehead atoms. The van der Waals surface area contributed by atoms with Gasteiger partial charge in [0.15, 0.2) is 5.96 Å². The highest BCUT2D eigenvalue weighted by Crippen LogP contribution is 2.37. The number of amides is 1. The maximum Gasteiger partial charge on any atom is 0.274 e. The highest BCUT2D eigenvalue weighted by Gasteiger charge is 2.25. The molecule has 1 aliphatic rings. The summed E-state index contributed by atoms with van der Waals surface area (Å²) in [7, 11) is -3.67. The van der Waals surface area contributed by atoms with Gasteiger partial charge in [-0.3, -0.25) is 20.1 Å². The number of rotatable bonds is 3. The van der Waals surface area contributed by atoms with Gasteiger partial charge in [0.25, 0.3) is 16.0 Å². The molecule has 29 heavy (non-hydrogen) atoms. The summed E-state index contributed by atoms with van der Waals surface area (Å²) in [4.78, 5) is 12.4. The summed E-state index contributed by atoms with van der Waals surface area (Å²) in [6, 6.07) is 5.61. The number of nitrogens with two attached hydrogens (primary N) is 1. The molecule has 5 N–H and O–H groups in total. The molecule has 0 spiro atoms. The first kappa shape index (κ1) is 23.1. The molecule has 1 aromatic carbocycles. The Balaban J connectivity index is 0.000000537. The van der Waals surface area contributed by atoms with Crippen LogP contribution >= 0.6 is 11.6 Å². The van der Waals surface area contributed by atoms with Gasteiger partial charge in [-0.2, -0.15) is 8.42 Å². The second-order valence-corrected chi connectivity index (χ2v) is 8.49. The second-order valence-electron chi connectivity index (χ2n) is 6.62. The third kappa shape index (κ3) is 6.17. The smallest absolute Gasteiger partial charge is 0.274 e. The van der Waals surface area contributed by atoms with E-state index in [1.54, 1.807) is 6.07 Å². The van der Waals surface area contributed by atoms with Crippen molar-refractivity contribution in [1.82, 2.24) is 9.88 Å². The molecule has 0 saturated carbocycles. The fraction of sp³-hybridized carbons (Fsp3) is 0.444. The van der Waals surface area contributed by atoms with Crippen molar-refractivity contribution >= 4 is 44.5 Å². The molecule has 0 fully saturated rings. The first-order chi connectivity index (χ1) is 13.5. The number of benzene rings is 1. The molecule has 9 nitrogen and oxygen atoms in total. The normalized spacial score (nSPS) is 16.3. The van der Waals surface area contributed by atoms with E-state index in [9.17, 15) is 13.2 Å². The molecule has 11 heteroatoms. The number of aryl methyl sites for hydroxylation is 1. The van der Waals surface area contributed by atoms with Gasteiger partial charge >= 0.3 is 0 Å². The predicted octanol–water partition coefficient (Wildman–Crippen LogP) is 2.68. The highest BCUT2D eigenvalue weighted by atomic mass is 35.5. The van der Waals surface area contributed by atoms with Crippen molar-refractivity contribution in [2.45, 2.75) is 38.8 Å². The molecule has 2 aromatic rings. The number of nitrogens with zero attached hydrogens (tertiary/aromatic N) is 1. The molecule has 0 aliphatic carbocycles. The van der Waals surface area contributed by atoms with Crippen LogP contribution in [0.5, 0.6) is 0 Å². The Morgan fingerprint density at radius 2 is 2.10 bits per heavy atom. The van der Waals surface area contributed by atoms with Crippen LogP contribution in [0.3, 0.4) is 0 Å². The Labute approximate surface area is 174 Å². The molecular weight excluding hydrogens is 420 g/mol. The molecule has 160 valence electrons. The monoisotopic (exact) mass is 444 g/mol. The van der Waals surface area contributed by atoms with Gasteiger partial charge in [-0.1, -0.05) is 17.7 Å². The van der Waals surface area contributed by atoms with Crippen LogP contribution in [0.2, 0.25) is 5.02 Å². The number of aromatic nitrogens is 1. The minimum absolute atomic E-state index is 0.00700. The molecule has 1 aliphatic heterocycles. The second kappa shape index (κ2) is 9.57. The zero-order valence-corrected chi connectivity index (χ0v) is 17.8. The summed E-state index contributed by atoms with van der Waals surface area (Å²) in [5.41, 5.74) is 7.76. The van der Waals surface area contributed by atoms with Gasteiger partial charge in [0.1, 0.15) is 5.69 Å². The van der Waals surface area contributed by atoms with E-state index in [2.05, 4.69) is 5.32 Å². The SMILES string of the molecule is CCOC1CCCCn2c(C(=O)NC(=N)N)cc3c(Cl)ccc1c32.CS(=O)(=O)O. The number of hydrogen-bond donors (Lipinski definition) is 4. The third-order valence-electron chi connectivity index (χ3n) is 4.33. The number of guanidine groups is 1. The minimum Gasteiger partial charge on any atom is -0.374 e. The Morgan fingerprint density at radius 1 is 1.45 bits per heavy atom. The fourth-order valence-corrected chi connectivity index (χ4v) is 3.58. The predicted molar refractivity (Wildman–Crippen MR) is 112 cm³/mol. The van der Waals surface area contributed by atoms with E-state index in [1.807, 2.05) is 23.6 Å². The number of ether oxygens (including phenoxy) is 1. The zero-order valence-electron chi connectivity index (χ0n) is 16.2. The van der Waals surface area contributed by atoms with Crippen molar-refractivity contribution in [2.24, 2.45) is 5.73 Å². The lowest BCUT2D eigenvalue weighted by molar-refractivity contribution is 0.0539. The maximum atomic E-state index is 12.4. The largest absolute Gasteiger partial charge is 0.374 e. The average Bonchev–Trinajstić information content (AvgIpc) is 2.95. The summed E-state index contributed by atoms with van der Waals surface area (Å²) in [6.07, 6.45) is 3.62. The van der Waals surface area contributed by atoms with E-state index in [4.69, 9.17) is 32.0 Å². The van der Waals surface area contributed by atoms with Crippen LogP contribution in [0.25, 0.3) is 10.9 Å². The summed E-state index contributed by atoms with van der Waals surface area (Å²) in [5, 5.41) is 11.1. The molecular formula is C18H25ClN4O5S. The van der Waals surface area contributed by atoms with E-state index in [0.29, 0.717) is 23.6 Å². The number of hydrogen-bond acceptors (Lipinski definition) is 5. The number of nitrogens with one attached hydrogen (secondary N) is 2. The Morgan fingerprint density at radius 3 is 2.69 bits per heavy atom. The van der Waals surface area contributed by atoms with Crippen molar-refractivity contribution in [3.05, 3.63) is 34.5 Å². The van der Waals surface area contributed by atoms with Gasteiger partial charge in [0.05, 0.1) is 17.9 Å². The molecule has 1 unspecified atom stereocenters. The van der Waals surface area contributed by atoms with Gasteiger partial charge in [0.2, 0.25) is 0 Å². The van der Waals surface area contributed by atoms with Gasteiger partial charge in [-0.15, -0.1) is 0 Å². The van der Waals surface area contributed by atoms with E-state index < -0.39 is 16.0 Å². The fourth-order valence-electron chi connectivity index (χ4n) is 3.37. The van der Waals surface area contributed by atoms with Gasteiger partial charge in [-0.05, 0) is 38.3 Å². The third-order valence-corrected chi connectivity index (χ3v) is 4.66. The molecule has 0 radical (unpaired) electrons. The van der Waals surface area contributed by atoms with Crippen molar-refractivity contribution < 1.29 is 22.5 Å². The summed E-state index contributed by atoms with van der Waals surface area (Å²) in [6.45, 7) is 3.33. The first-order valence-corrected chi connectivity index (χ1v) is 11.3. The van der Waals surface area contributed by atoms with Crippen molar-refractivity contribution in [3.63, 3.8) is 0 Å². The lowest BCUT2D eigenvalue weighted by atomic mass is 9.99. The lowest BCUT2D eigenvalue weighted by Crippen LogP contribution is -2.36. The van der Waals surface area contributed by atoms with Crippen LogP contribution in [-0.4, -0.2) is 42.3 Å². The van der Waals surface area contributed by atoms with Crippen LogP contribution in [0.1, 0.15) is 48.3 Å². The van der Waals surface area contributed by atoms with E-state index in [0.717, 1.165) is 42.3 Å². The summed E-state index contributed by atoms with van der Waals surface area (Å²) in [5.74, 6) is -0.767. The average molecular weight is 445 g/mol. The molecule has 0 saturated heterocycles. The Bertz CT molecular complexity index is 1010. The molecule has 1 amide bonds.